The Bertz CT molecular complexity index is 600. The first-order valence-electron chi connectivity index (χ1n) is 6.49. The van der Waals surface area contributed by atoms with E-state index in [9.17, 15) is 9.18 Å². The first-order valence-corrected chi connectivity index (χ1v) is 7.53. The molecule has 0 aromatic heterocycles. The predicted octanol–water partition coefficient (Wildman–Crippen LogP) is 3.71. The molecule has 1 fully saturated rings. The van der Waals surface area contributed by atoms with Crippen LogP contribution in [0.25, 0.3) is 0 Å². The van der Waals surface area contributed by atoms with Crippen LogP contribution in [-0.4, -0.2) is 23.1 Å². The van der Waals surface area contributed by atoms with Crippen molar-refractivity contribution in [1.29, 1.82) is 0 Å². The summed E-state index contributed by atoms with van der Waals surface area (Å²) in [5, 5.41) is -0.0247. The number of carbonyl (C=O) groups excluding carboxylic acids is 1. The Kier molecular flexibility index (Phi) is 3.74. The van der Waals surface area contributed by atoms with Crippen molar-refractivity contribution in [2.75, 3.05) is 12.3 Å². The van der Waals surface area contributed by atoms with E-state index < -0.39 is 0 Å². The highest BCUT2D eigenvalue weighted by molar-refractivity contribution is 7.99. The zero-order valence-electron chi connectivity index (χ0n) is 10.8. The van der Waals surface area contributed by atoms with E-state index in [1.165, 1.54) is 12.1 Å². The average Bonchev–Trinajstić information content (AvgIpc) is 2.97. The highest BCUT2D eigenvalue weighted by atomic mass is 32.2. The minimum atomic E-state index is -0.252. The topological polar surface area (TPSA) is 20.3 Å². The standard InChI is InChI=1S/C16H14FNOS/c17-14-8-6-13(7-9-14)16-18(10-11-20-16)15(19)12-4-2-1-3-5-12/h1-9,16H,10-11H2/t16-/m1/s1. The smallest absolute Gasteiger partial charge is 0.255 e. The van der Waals surface area contributed by atoms with Crippen molar-refractivity contribution < 1.29 is 9.18 Å². The van der Waals surface area contributed by atoms with Crippen LogP contribution in [0.15, 0.2) is 54.6 Å². The molecule has 0 spiro atoms. The van der Waals surface area contributed by atoms with Crippen LogP contribution in [0.1, 0.15) is 21.3 Å². The van der Waals surface area contributed by atoms with Gasteiger partial charge >= 0.3 is 0 Å². The number of carbonyl (C=O) groups is 1. The van der Waals surface area contributed by atoms with Gasteiger partial charge in [0.15, 0.2) is 0 Å². The predicted molar refractivity (Wildman–Crippen MR) is 79.1 cm³/mol. The largest absolute Gasteiger partial charge is 0.322 e. The Balaban J connectivity index is 1.86. The van der Waals surface area contributed by atoms with Crippen molar-refractivity contribution >= 4 is 17.7 Å². The van der Waals surface area contributed by atoms with E-state index in [4.69, 9.17) is 0 Å². The SMILES string of the molecule is O=C(c1ccccc1)N1CCS[C@@H]1c1ccc(F)cc1. The minimum Gasteiger partial charge on any atom is -0.322 e. The molecule has 2 aromatic rings. The monoisotopic (exact) mass is 287 g/mol. The Morgan fingerprint density at radius 3 is 2.50 bits per heavy atom. The molecule has 0 saturated carbocycles. The van der Waals surface area contributed by atoms with Gasteiger partial charge in [0.2, 0.25) is 0 Å². The fourth-order valence-corrected chi connectivity index (χ4v) is 3.58. The van der Waals surface area contributed by atoms with Crippen LogP contribution in [-0.2, 0) is 0 Å². The summed E-state index contributed by atoms with van der Waals surface area (Å²) in [6.45, 7) is 0.723. The van der Waals surface area contributed by atoms with E-state index in [0.29, 0.717) is 5.56 Å². The molecule has 1 saturated heterocycles. The third kappa shape index (κ3) is 2.56. The minimum absolute atomic E-state index is 0.0247. The van der Waals surface area contributed by atoms with Gasteiger partial charge in [-0.2, -0.15) is 0 Å². The zero-order valence-corrected chi connectivity index (χ0v) is 11.6. The molecule has 102 valence electrons. The molecule has 0 aliphatic carbocycles. The maximum Gasteiger partial charge on any atom is 0.255 e. The van der Waals surface area contributed by atoms with Crippen LogP contribution < -0.4 is 0 Å². The molecule has 1 aliphatic heterocycles. The second-order valence-corrected chi connectivity index (χ2v) is 5.83. The maximum atomic E-state index is 13.0. The molecule has 1 heterocycles. The number of nitrogens with zero attached hydrogens (tertiary/aromatic N) is 1. The van der Waals surface area contributed by atoms with Crippen LogP contribution in [0, 0.1) is 5.82 Å². The van der Waals surface area contributed by atoms with Gasteiger partial charge in [0.05, 0.1) is 0 Å². The van der Waals surface area contributed by atoms with E-state index in [2.05, 4.69) is 0 Å². The van der Waals surface area contributed by atoms with Crippen LogP contribution in [0.5, 0.6) is 0 Å². The Hall–Kier alpha value is -1.81. The summed E-state index contributed by atoms with van der Waals surface area (Å²) in [5.74, 6) is 0.684. The molecule has 1 atom stereocenters. The van der Waals surface area contributed by atoms with Gasteiger partial charge in [0, 0.05) is 17.9 Å². The zero-order chi connectivity index (χ0) is 13.9. The first kappa shape index (κ1) is 13.2. The Labute approximate surface area is 121 Å². The second kappa shape index (κ2) is 5.67. The van der Waals surface area contributed by atoms with Crippen LogP contribution in [0.2, 0.25) is 0 Å². The number of halogens is 1. The van der Waals surface area contributed by atoms with Gasteiger partial charge in [0.25, 0.3) is 5.91 Å². The van der Waals surface area contributed by atoms with E-state index >= 15 is 0 Å². The van der Waals surface area contributed by atoms with Gasteiger partial charge in [-0.25, -0.2) is 4.39 Å². The van der Waals surface area contributed by atoms with E-state index in [0.717, 1.165) is 17.9 Å². The lowest BCUT2D eigenvalue weighted by molar-refractivity contribution is 0.0760. The van der Waals surface area contributed by atoms with E-state index in [-0.39, 0.29) is 17.1 Å². The fraction of sp³-hybridized carbons (Fsp3) is 0.188. The van der Waals surface area contributed by atoms with Crippen molar-refractivity contribution in [2.24, 2.45) is 0 Å². The summed E-state index contributed by atoms with van der Waals surface area (Å²) in [7, 11) is 0. The first-order chi connectivity index (χ1) is 9.75. The molecule has 0 unspecified atom stereocenters. The number of rotatable bonds is 2. The summed E-state index contributed by atoms with van der Waals surface area (Å²) < 4.78 is 13.0. The Morgan fingerprint density at radius 2 is 1.80 bits per heavy atom. The number of hydrogen-bond acceptors (Lipinski definition) is 2. The summed E-state index contributed by atoms with van der Waals surface area (Å²) in [5.41, 5.74) is 1.67. The quantitative estimate of drug-likeness (QED) is 0.839. The molecule has 2 nitrogen and oxygen atoms in total. The highest BCUT2D eigenvalue weighted by Gasteiger charge is 2.31. The molecule has 0 N–H and O–H groups in total. The van der Waals surface area contributed by atoms with Gasteiger partial charge in [-0.05, 0) is 29.8 Å². The molecule has 1 aliphatic rings. The second-order valence-electron chi connectivity index (χ2n) is 4.64. The lowest BCUT2D eigenvalue weighted by Crippen LogP contribution is -2.30. The number of amides is 1. The molecule has 2 aromatic carbocycles. The molecular weight excluding hydrogens is 273 g/mol. The number of benzene rings is 2. The normalized spacial score (nSPS) is 18.2. The maximum absolute atomic E-state index is 13.0. The molecule has 3 rings (SSSR count). The van der Waals surface area contributed by atoms with Crippen LogP contribution in [0.4, 0.5) is 4.39 Å². The molecule has 4 heteroatoms. The number of hydrogen-bond donors (Lipinski definition) is 0. The van der Waals surface area contributed by atoms with E-state index in [1.54, 1.807) is 23.9 Å². The van der Waals surface area contributed by atoms with Crippen molar-refractivity contribution in [3.05, 3.63) is 71.5 Å². The third-order valence-electron chi connectivity index (χ3n) is 3.33. The van der Waals surface area contributed by atoms with Crippen molar-refractivity contribution in [3.63, 3.8) is 0 Å². The lowest BCUT2D eigenvalue weighted by Gasteiger charge is -2.24. The molecule has 20 heavy (non-hydrogen) atoms. The van der Waals surface area contributed by atoms with Gasteiger partial charge in [-0.3, -0.25) is 4.79 Å². The molecule has 0 bridgehead atoms. The average molecular weight is 287 g/mol. The summed E-state index contributed by atoms with van der Waals surface area (Å²) in [4.78, 5) is 14.4. The van der Waals surface area contributed by atoms with E-state index in [1.807, 2.05) is 35.2 Å². The molecule has 1 amide bonds. The van der Waals surface area contributed by atoms with Crippen molar-refractivity contribution in [3.8, 4) is 0 Å². The van der Waals surface area contributed by atoms with Gasteiger partial charge in [-0.15, -0.1) is 11.8 Å². The summed E-state index contributed by atoms with van der Waals surface area (Å²) in [6, 6.07) is 15.7. The summed E-state index contributed by atoms with van der Waals surface area (Å²) >= 11 is 1.72. The highest BCUT2D eigenvalue weighted by Crippen LogP contribution is 2.38. The fourth-order valence-electron chi connectivity index (χ4n) is 2.33. The van der Waals surface area contributed by atoms with Crippen LogP contribution in [0.3, 0.4) is 0 Å². The third-order valence-corrected chi connectivity index (χ3v) is 4.59. The van der Waals surface area contributed by atoms with Crippen LogP contribution >= 0.6 is 11.8 Å². The molecule has 0 radical (unpaired) electrons. The van der Waals surface area contributed by atoms with Gasteiger partial charge < -0.3 is 4.90 Å². The van der Waals surface area contributed by atoms with Gasteiger partial charge in [-0.1, -0.05) is 30.3 Å². The number of thioether (sulfide) groups is 1. The lowest BCUT2D eigenvalue weighted by atomic mass is 10.1. The van der Waals surface area contributed by atoms with Crippen molar-refractivity contribution in [2.45, 2.75) is 5.37 Å². The summed E-state index contributed by atoms with van der Waals surface area (Å²) in [6.07, 6.45) is 0. The van der Waals surface area contributed by atoms with Crippen molar-refractivity contribution in [1.82, 2.24) is 4.90 Å². The molecular formula is C16H14FNOS. The van der Waals surface area contributed by atoms with Gasteiger partial charge in [0.1, 0.15) is 11.2 Å². The Morgan fingerprint density at radius 1 is 1.10 bits per heavy atom.